The summed E-state index contributed by atoms with van der Waals surface area (Å²) in [7, 11) is 10.4. The van der Waals surface area contributed by atoms with Gasteiger partial charge in [-0.2, -0.15) is 0 Å². The van der Waals surface area contributed by atoms with Gasteiger partial charge in [0.2, 0.25) is 35.4 Å². The van der Waals surface area contributed by atoms with Crippen molar-refractivity contribution in [3.63, 3.8) is 0 Å². The fourth-order valence-corrected chi connectivity index (χ4v) is 11.2. The largest absolute Gasteiger partial charge is 0.502 e. The van der Waals surface area contributed by atoms with E-state index < -0.39 is 47.0 Å². The van der Waals surface area contributed by atoms with E-state index in [1.807, 2.05) is 97.1 Å². The molecular formula is C67H96BrN13O16. The number of rotatable bonds is 22. The summed E-state index contributed by atoms with van der Waals surface area (Å²) in [6.07, 6.45) is 6.28. The average Bonchev–Trinajstić information content (AvgIpc) is 1.63. The number of imide groups is 3. The first-order valence-corrected chi connectivity index (χ1v) is 32.8. The van der Waals surface area contributed by atoms with Crippen LogP contribution in [0.15, 0.2) is 86.3 Å². The summed E-state index contributed by atoms with van der Waals surface area (Å²) >= 11 is 3.37. The van der Waals surface area contributed by atoms with Gasteiger partial charge >= 0.3 is 29.3 Å². The molecule has 0 bridgehead atoms. The number of amides is 8. The van der Waals surface area contributed by atoms with Gasteiger partial charge in [0.25, 0.3) is 0 Å². The molecule has 29 nitrogen and oxygen atoms in total. The van der Waals surface area contributed by atoms with Crippen molar-refractivity contribution in [1.82, 2.24) is 64.6 Å². The number of aromatic nitrogens is 6. The quantitative estimate of drug-likeness (QED) is 0.0284. The number of nitrogens with one attached hydrogen (secondary N) is 4. The summed E-state index contributed by atoms with van der Waals surface area (Å²) in [5.41, 5.74) is 4.64. The molecule has 3 aliphatic heterocycles. The SMILES string of the molecule is C=COCCCN(C)C(=O)OC(C)(C)C.CN(CCCOCCc1ccc2c(c1)n(C)c(=O)n2C1CCC(=O)NC1=O)C(=O)OC(C)(C)C.CNCCCOCCc1ccc2c(c1)n(C)c(=O)n2C1CCC(=O)NC1=O.Cn1c(=O)n(C2CCC(=O)NC2=O)c2ccc(Br)cc21.N. The van der Waals surface area contributed by atoms with Gasteiger partial charge in [-0.15, -0.1) is 0 Å². The molecule has 0 radical (unpaired) electrons. The number of nitrogens with zero attached hydrogens (tertiary/aromatic N) is 8. The Morgan fingerprint density at radius 1 is 0.546 bits per heavy atom. The number of carbonyl (C=O) groups is 8. The Morgan fingerprint density at radius 2 is 0.897 bits per heavy atom. The minimum atomic E-state index is -0.693. The molecule has 3 saturated heterocycles. The van der Waals surface area contributed by atoms with E-state index in [1.54, 1.807) is 45.9 Å². The molecule has 97 heavy (non-hydrogen) atoms. The Balaban J connectivity index is 0.000000243. The highest BCUT2D eigenvalue weighted by Crippen LogP contribution is 2.28. The third kappa shape index (κ3) is 21.9. The van der Waals surface area contributed by atoms with Gasteiger partial charge < -0.3 is 45.0 Å². The molecule has 6 heterocycles. The zero-order chi connectivity index (χ0) is 70.8. The van der Waals surface area contributed by atoms with E-state index in [2.05, 4.69) is 43.8 Å². The first kappa shape index (κ1) is 79.0. The summed E-state index contributed by atoms with van der Waals surface area (Å²) in [6.45, 7) is 19.5. The maximum absolute atomic E-state index is 12.8. The van der Waals surface area contributed by atoms with Crippen LogP contribution in [-0.4, -0.2) is 170 Å². The van der Waals surface area contributed by atoms with Crippen molar-refractivity contribution in [2.75, 3.05) is 73.8 Å². The van der Waals surface area contributed by atoms with E-state index >= 15 is 0 Å². The minimum Gasteiger partial charge on any atom is -0.502 e. The summed E-state index contributed by atoms with van der Waals surface area (Å²) < 4.78 is 36.7. The number of hydrogen-bond donors (Lipinski definition) is 5. The lowest BCUT2D eigenvalue weighted by molar-refractivity contribution is -0.137. The third-order valence-corrected chi connectivity index (χ3v) is 16.3. The Kier molecular flexibility index (Phi) is 29.3. The number of ether oxygens (including phenoxy) is 5. The maximum Gasteiger partial charge on any atom is 0.410 e. The molecule has 3 aromatic carbocycles. The second-order valence-corrected chi connectivity index (χ2v) is 26.5. The third-order valence-electron chi connectivity index (χ3n) is 15.8. The van der Waals surface area contributed by atoms with Gasteiger partial charge in [-0.3, -0.25) is 72.1 Å². The van der Waals surface area contributed by atoms with E-state index in [0.29, 0.717) is 94.8 Å². The van der Waals surface area contributed by atoms with Crippen LogP contribution in [-0.2, 0) is 86.4 Å². The predicted octanol–water partition coefficient (Wildman–Crippen LogP) is 6.27. The van der Waals surface area contributed by atoms with Crippen molar-refractivity contribution >= 4 is 96.7 Å². The summed E-state index contributed by atoms with van der Waals surface area (Å²) in [5.74, 6) is -2.17. The zero-order valence-corrected chi connectivity index (χ0v) is 59.4. The Labute approximate surface area is 571 Å². The van der Waals surface area contributed by atoms with Gasteiger partial charge in [0.05, 0.1) is 59.2 Å². The normalized spacial score (nSPS) is 16.3. The molecule has 0 aliphatic carbocycles. The van der Waals surface area contributed by atoms with Crippen molar-refractivity contribution < 1.29 is 62.0 Å². The molecule has 6 aromatic rings. The van der Waals surface area contributed by atoms with Gasteiger partial charge in [0, 0.05) is 85.3 Å². The fraction of sp³-hybridized carbons (Fsp3) is 0.537. The highest BCUT2D eigenvalue weighted by Gasteiger charge is 2.34. The predicted molar refractivity (Wildman–Crippen MR) is 369 cm³/mol. The summed E-state index contributed by atoms with van der Waals surface area (Å²) in [5, 5.41) is 10.0. The molecular weight excluding hydrogens is 1320 g/mol. The molecule has 3 fully saturated rings. The summed E-state index contributed by atoms with van der Waals surface area (Å²) in [6, 6.07) is 15.0. The number of halogens is 1. The van der Waals surface area contributed by atoms with Crippen LogP contribution in [0.5, 0.6) is 0 Å². The lowest BCUT2D eigenvalue weighted by Crippen LogP contribution is -2.44. The van der Waals surface area contributed by atoms with Gasteiger partial charge in [-0.05, 0) is 160 Å². The van der Waals surface area contributed by atoms with Crippen LogP contribution in [0.4, 0.5) is 9.59 Å². The molecule has 8 amide bonds. The number of hydrogen-bond acceptors (Lipinski definition) is 18. The summed E-state index contributed by atoms with van der Waals surface area (Å²) in [4.78, 5) is 135. The van der Waals surface area contributed by atoms with Crippen molar-refractivity contribution in [2.45, 2.75) is 141 Å². The van der Waals surface area contributed by atoms with Crippen molar-refractivity contribution in [1.29, 1.82) is 0 Å². The van der Waals surface area contributed by atoms with Crippen LogP contribution in [0.2, 0.25) is 0 Å². The van der Waals surface area contributed by atoms with E-state index in [1.165, 1.54) is 38.9 Å². The van der Waals surface area contributed by atoms with Gasteiger partial charge in [0.15, 0.2) is 0 Å². The number of aryl methyl sites for hydroxylation is 3. The minimum absolute atomic E-state index is 0. The molecule has 0 spiro atoms. The van der Waals surface area contributed by atoms with Crippen LogP contribution in [0.25, 0.3) is 33.1 Å². The number of carbonyl (C=O) groups excluding carboxylic acids is 8. The van der Waals surface area contributed by atoms with Gasteiger partial charge in [-0.1, -0.05) is 34.6 Å². The van der Waals surface area contributed by atoms with Crippen LogP contribution in [0.3, 0.4) is 0 Å². The lowest BCUT2D eigenvalue weighted by Gasteiger charge is -2.24. The molecule has 3 unspecified atom stereocenters. The molecule has 30 heteroatoms. The van der Waals surface area contributed by atoms with E-state index in [4.69, 9.17) is 23.7 Å². The molecule has 9 rings (SSSR count). The van der Waals surface area contributed by atoms with Crippen LogP contribution < -0.4 is 44.5 Å². The van der Waals surface area contributed by atoms with Crippen molar-refractivity contribution in [3.05, 3.63) is 114 Å². The second-order valence-electron chi connectivity index (χ2n) is 25.5. The first-order valence-electron chi connectivity index (χ1n) is 32.0. The lowest BCUT2D eigenvalue weighted by atomic mass is 10.1. The van der Waals surface area contributed by atoms with Crippen LogP contribution >= 0.6 is 15.9 Å². The van der Waals surface area contributed by atoms with Crippen molar-refractivity contribution in [3.8, 4) is 0 Å². The molecule has 3 aliphatic rings. The van der Waals surface area contributed by atoms with E-state index in [0.717, 1.165) is 58.0 Å². The smallest absolute Gasteiger partial charge is 0.410 e. The number of fused-ring (bicyclic) bond motifs is 3. The van der Waals surface area contributed by atoms with E-state index in [9.17, 15) is 52.7 Å². The first-order chi connectivity index (χ1) is 45.4. The van der Waals surface area contributed by atoms with Crippen molar-refractivity contribution in [2.24, 2.45) is 21.1 Å². The van der Waals surface area contributed by atoms with E-state index in [-0.39, 0.29) is 72.4 Å². The average molecular weight is 1420 g/mol. The number of benzene rings is 3. The molecule has 7 N–H and O–H groups in total. The second kappa shape index (κ2) is 36.0. The van der Waals surface area contributed by atoms with Gasteiger partial charge in [-0.25, -0.2) is 24.0 Å². The Morgan fingerprint density at radius 3 is 1.25 bits per heavy atom. The molecule has 532 valence electrons. The maximum atomic E-state index is 12.8. The van der Waals surface area contributed by atoms with Crippen LogP contribution in [0.1, 0.15) is 129 Å². The molecule has 0 saturated carbocycles. The number of imidazole rings is 3. The Hall–Kier alpha value is -8.71. The highest BCUT2D eigenvalue weighted by atomic mass is 79.9. The highest BCUT2D eigenvalue weighted by molar-refractivity contribution is 9.10. The fourth-order valence-electron chi connectivity index (χ4n) is 10.8. The zero-order valence-electron chi connectivity index (χ0n) is 57.8. The monoisotopic (exact) mass is 1420 g/mol. The molecule has 3 aromatic heterocycles. The Bertz CT molecular complexity index is 3980. The number of piperidine rings is 3. The topological polar surface area (TPSA) is 353 Å². The van der Waals surface area contributed by atoms with Crippen LogP contribution in [0, 0.1) is 0 Å². The standard InChI is InChI=1S/C24H34N4O6.C19H26N4O4.C13H12BrN3O3.C11H21NO3.H3N/c1-24(2,3)34-23(32)26(4)12-6-13-33-14-11-16-7-8-17-19(15-16)27(5)22(31)28(17)18-9-10-20(29)25-21(18)30;1-20-9-3-10-27-11-8-13-4-5-14-16(12-13)22(2)19(26)23(14)15-6-7-17(24)21-18(15)25;1-16-10-6-7(14)2-3-8(10)17(13(16)20)9-4-5-11(18)15-12(9)19;1-6-14-9-7-8-12(5)10(13)15-11(2,3)4;/h7-8,15,18H,6,9-14H2,1-5H3,(H,25,29,30);4-5,12,15,20H,3,6-11H2,1-2H3,(H,21,24,25);2-3,6,9H,4-5H2,1H3,(H,15,18,19);6H,1,7-9H2,2-5H3;1H3. The van der Waals surface area contributed by atoms with Gasteiger partial charge in [0.1, 0.15) is 29.3 Å². The molecule has 3 atom stereocenters.